The second-order valence-electron chi connectivity index (χ2n) is 5.19. The highest BCUT2D eigenvalue weighted by Crippen LogP contribution is 2.18. The minimum absolute atomic E-state index is 0.0637. The van der Waals surface area contributed by atoms with Crippen molar-refractivity contribution in [2.24, 2.45) is 5.92 Å². The molecule has 6 heteroatoms. The summed E-state index contributed by atoms with van der Waals surface area (Å²) in [5.74, 6) is 1.78. The summed E-state index contributed by atoms with van der Waals surface area (Å²) >= 11 is 5.70. The van der Waals surface area contributed by atoms with Crippen LogP contribution in [0.15, 0.2) is 16.5 Å². The SMILES string of the molecule is Cc1ccc(CN(C(C)C)S(=O)(=O)CC(C)CCl)o1. The Morgan fingerprint density at radius 1 is 1.32 bits per heavy atom. The Hall–Kier alpha value is -0.520. The first-order chi connectivity index (χ1) is 8.76. The zero-order chi connectivity index (χ0) is 14.6. The lowest BCUT2D eigenvalue weighted by Gasteiger charge is -2.26. The average Bonchev–Trinajstić information content (AvgIpc) is 2.70. The average molecular weight is 308 g/mol. The fourth-order valence-electron chi connectivity index (χ4n) is 1.83. The Morgan fingerprint density at radius 2 is 1.95 bits per heavy atom. The highest BCUT2D eigenvalue weighted by molar-refractivity contribution is 7.89. The molecule has 0 aromatic carbocycles. The molecule has 0 bridgehead atoms. The van der Waals surface area contributed by atoms with Gasteiger partial charge in [0.25, 0.3) is 0 Å². The van der Waals surface area contributed by atoms with Crippen molar-refractivity contribution in [3.63, 3.8) is 0 Å². The van der Waals surface area contributed by atoms with Gasteiger partial charge in [0, 0.05) is 11.9 Å². The number of aryl methyl sites for hydroxylation is 1. The van der Waals surface area contributed by atoms with Crippen LogP contribution in [0.1, 0.15) is 32.3 Å². The highest BCUT2D eigenvalue weighted by Gasteiger charge is 2.27. The molecule has 1 aromatic heterocycles. The molecule has 0 aliphatic carbocycles. The molecule has 0 saturated carbocycles. The number of halogens is 1. The van der Waals surface area contributed by atoms with Crippen molar-refractivity contribution >= 4 is 21.6 Å². The third kappa shape index (κ3) is 4.82. The topological polar surface area (TPSA) is 50.5 Å². The Bertz CT molecular complexity index is 496. The van der Waals surface area contributed by atoms with E-state index in [1.165, 1.54) is 4.31 Å². The normalized spacial score (nSPS) is 14.3. The van der Waals surface area contributed by atoms with Gasteiger partial charge in [-0.3, -0.25) is 0 Å². The Balaban J connectivity index is 2.88. The molecule has 0 radical (unpaired) electrons. The molecular formula is C13H22ClNO3S. The van der Waals surface area contributed by atoms with Gasteiger partial charge in [-0.25, -0.2) is 8.42 Å². The highest BCUT2D eigenvalue weighted by atomic mass is 35.5. The lowest BCUT2D eigenvalue weighted by Crippen LogP contribution is -2.39. The molecule has 0 amide bonds. The number of hydrogen-bond donors (Lipinski definition) is 0. The zero-order valence-corrected chi connectivity index (χ0v) is 13.5. The van der Waals surface area contributed by atoms with E-state index in [1.54, 1.807) is 0 Å². The molecular weight excluding hydrogens is 286 g/mol. The molecule has 1 aromatic rings. The molecule has 19 heavy (non-hydrogen) atoms. The van der Waals surface area contributed by atoms with Crippen molar-refractivity contribution in [2.45, 2.75) is 40.3 Å². The predicted octanol–water partition coefficient (Wildman–Crippen LogP) is 3.00. The molecule has 0 N–H and O–H groups in total. The van der Waals surface area contributed by atoms with Gasteiger partial charge < -0.3 is 4.42 Å². The van der Waals surface area contributed by atoms with Crippen LogP contribution in [0.3, 0.4) is 0 Å². The lowest BCUT2D eigenvalue weighted by molar-refractivity contribution is 0.313. The minimum Gasteiger partial charge on any atom is -0.465 e. The van der Waals surface area contributed by atoms with E-state index in [2.05, 4.69) is 0 Å². The molecule has 1 heterocycles. The van der Waals surface area contributed by atoms with Gasteiger partial charge in [0.2, 0.25) is 10.0 Å². The molecule has 0 spiro atoms. The maximum atomic E-state index is 12.4. The maximum absolute atomic E-state index is 12.4. The zero-order valence-electron chi connectivity index (χ0n) is 11.9. The van der Waals surface area contributed by atoms with Crippen molar-refractivity contribution in [2.75, 3.05) is 11.6 Å². The van der Waals surface area contributed by atoms with Gasteiger partial charge in [-0.1, -0.05) is 6.92 Å². The molecule has 1 unspecified atom stereocenters. The predicted molar refractivity (Wildman–Crippen MR) is 77.8 cm³/mol. The molecule has 4 nitrogen and oxygen atoms in total. The number of rotatable bonds is 7. The summed E-state index contributed by atoms with van der Waals surface area (Å²) in [6.07, 6.45) is 0. The number of nitrogens with zero attached hydrogens (tertiary/aromatic N) is 1. The van der Waals surface area contributed by atoms with E-state index in [1.807, 2.05) is 39.8 Å². The van der Waals surface area contributed by atoms with Crippen LogP contribution in [0.25, 0.3) is 0 Å². The maximum Gasteiger partial charge on any atom is 0.215 e. The summed E-state index contributed by atoms with van der Waals surface area (Å²) in [7, 11) is -3.33. The molecule has 1 rings (SSSR count). The number of alkyl halides is 1. The van der Waals surface area contributed by atoms with Gasteiger partial charge in [-0.15, -0.1) is 11.6 Å². The van der Waals surface area contributed by atoms with Gasteiger partial charge in [0.05, 0.1) is 12.3 Å². The van der Waals surface area contributed by atoms with Crippen LogP contribution in [0.5, 0.6) is 0 Å². The van der Waals surface area contributed by atoms with Crippen LogP contribution in [-0.2, 0) is 16.6 Å². The smallest absolute Gasteiger partial charge is 0.215 e. The van der Waals surface area contributed by atoms with Crippen LogP contribution < -0.4 is 0 Å². The fourth-order valence-corrected chi connectivity index (χ4v) is 4.06. The molecule has 0 aliphatic rings. The first-order valence-electron chi connectivity index (χ1n) is 6.37. The van der Waals surface area contributed by atoms with E-state index in [-0.39, 0.29) is 24.3 Å². The van der Waals surface area contributed by atoms with Crippen molar-refractivity contribution in [1.29, 1.82) is 0 Å². The largest absolute Gasteiger partial charge is 0.465 e. The minimum atomic E-state index is -3.33. The molecule has 0 fully saturated rings. The van der Waals surface area contributed by atoms with Crippen molar-refractivity contribution < 1.29 is 12.8 Å². The van der Waals surface area contributed by atoms with Crippen molar-refractivity contribution in [3.8, 4) is 0 Å². The summed E-state index contributed by atoms with van der Waals surface area (Å²) in [4.78, 5) is 0. The summed E-state index contributed by atoms with van der Waals surface area (Å²) in [5.41, 5.74) is 0. The summed E-state index contributed by atoms with van der Waals surface area (Å²) in [5, 5.41) is 0. The molecule has 0 aliphatic heterocycles. The van der Waals surface area contributed by atoms with E-state index >= 15 is 0 Å². The van der Waals surface area contributed by atoms with E-state index < -0.39 is 10.0 Å². The van der Waals surface area contributed by atoms with Crippen LogP contribution in [0.2, 0.25) is 0 Å². The van der Waals surface area contributed by atoms with E-state index in [0.717, 1.165) is 5.76 Å². The monoisotopic (exact) mass is 307 g/mol. The quantitative estimate of drug-likeness (QED) is 0.728. The molecule has 0 saturated heterocycles. The van der Waals surface area contributed by atoms with Gasteiger partial charge in [-0.2, -0.15) is 4.31 Å². The fraction of sp³-hybridized carbons (Fsp3) is 0.692. The van der Waals surface area contributed by atoms with Crippen LogP contribution in [-0.4, -0.2) is 30.4 Å². The van der Waals surface area contributed by atoms with Crippen LogP contribution >= 0.6 is 11.6 Å². The van der Waals surface area contributed by atoms with Gasteiger partial charge in [0.15, 0.2) is 0 Å². The third-order valence-corrected chi connectivity index (χ3v) is 5.58. The first kappa shape index (κ1) is 16.5. The molecule has 110 valence electrons. The summed E-state index contributed by atoms with van der Waals surface area (Å²) in [6.45, 7) is 7.66. The molecule has 1 atom stereocenters. The van der Waals surface area contributed by atoms with Gasteiger partial charge in [-0.05, 0) is 38.8 Å². The summed E-state index contributed by atoms with van der Waals surface area (Å²) in [6, 6.07) is 3.53. The Morgan fingerprint density at radius 3 is 2.37 bits per heavy atom. The second kappa shape index (κ2) is 6.77. The first-order valence-corrected chi connectivity index (χ1v) is 8.51. The Kier molecular flexibility index (Phi) is 5.89. The van der Waals surface area contributed by atoms with Gasteiger partial charge in [0.1, 0.15) is 11.5 Å². The van der Waals surface area contributed by atoms with E-state index in [0.29, 0.717) is 11.6 Å². The van der Waals surface area contributed by atoms with Crippen LogP contribution in [0.4, 0.5) is 0 Å². The lowest BCUT2D eigenvalue weighted by atomic mass is 10.3. The third-order valence-electron chi connectivity index (χ3n) is 2.80. The summed E-state index contributed by atoms with van der Waals surface area (Å²) < 4.78 is 31.7. The standard InChI is InChI=1S/C13H22ClNO3S/c1-10(2)15(8-13-6-5-12(4)18-13)19(16,17)9-11(3)7-14/h5-6,10-11H,7-9H2,1-4H3. The van der Waals surface area contributed by atoms with E-state index in [9.17, 15) is 8.42 Å². The van der Waals surface area contributed by atoms with Crippen molar-refractivity contribution in [3.05, 3.63) is 23.7 Å². The number of sulfonamides is 1. The Labute approximate surface area is 120 Å². The number of hydrogen-bond acceptors (Lipinski definition) is 3. The van der Waals surface area contributed by atoms with Gasteiger partial charge >= 0.3 is 0 Å². The number of furan rings is 1. The van der Waals surface area contributed by atoms with Crippen molar-refractivity contribution in [1.82, 2.24) is 4.31 Å². The van der Waals surface area contributed by atoms with E-state index in [4.69, 9.17) is 16.0 Å². The second-order valence-corrected chi connectivity index (χ2v) is 7.46. The van der Waals surface area contributed by atoms with Crippen LogP contribution in [0, 0.1) is 12.8 Å².